The van der Waals surface area contributed by atoms with Crippen molar-refractivity contribution in [1.29, 1.82) is 0 Å². The van der Waals surface area contributed by atoms with Crippen molar-refractivity contribution >= 4 is 121 Å². The molecule has 15 rings (SSSR count). The molecule has 0 saturated heterocycles. The zero-order chi connectivity index (χ0) is 77.0. The Balaban J connectivity index is 0.0000101. The molecule has 3 aromatic heterocycles. The Kier molecular flexibility index (Phi) is 21.4. The van der Waals surface area contributed by atoms with Crippen LogP contribution in [0.15, 0.2) is 259 Å². The molecule has 10 nitrogen and oxygen atoms in total. The molecule has 0 spiro atoms. The molecule has 0 saturated carbocycles. The van der Waals surface area contributed by atoms with Crippen LogP contribution in [0.1, 0.15) is 168 Å². The maximum atomic E-state index is 13.2. The molecular weight excluding hydrogens is 1520 g/mol. The van der Waals surface area contributed by atoms with Gasteiger partial charge in [-0.2, -0.15) is 0 Å². The Morgan fingerprint density at radius 3 is 0.736 bits per heavy atom. The molecule has 1 N–H and O–H groups in total. The largest absolute Gasteiger partial charge is 2.00 e. The van der Waals surface area contributed by atoms with E-state index in [2.05, 4.69) is 307 Å². The molecule has 0 unspecified atom stereocenters. The van der Waals surface area contributed by atoms with Gasteiger partial charge in [0.05, 0.1) is 28.9 Å². The number of nitrogens with zero attached hydrogens (tertiary/aromatic N) is 8. The summed E-state index contributed by atoms with van der Waals surface area (Å²) in [5.74, 6) is 0.449. The van der Waals surface area contributed by atoms with Crippen molar-refractivity contribution in [2.24, 2.45) is 0 Å². The van der Waals surface area contributed by atoms with Crippen LogP contribution < -0.4 is 9.97 Å². The molecule has 17 heteroatoms. The minimum atomic E-state index is -1.09. The van der Waals surface area contributed by atoms with Crippen molar-refractivity contribution in [3.63, 3.8) is 0 Å². The molecule has 2 aliphatic heterocycles. The zero-order valence-electron chi connectivity index (χ0n) is 65.6. The van der Waals surface area contributed by atoms with E-state index in [1.807, 2.05) is 0 Å². The van der Waals surface area contributed by atoms with Crippen molar-refractivity contribution in [2.75, 3.05) is 0 Å². The number of carboxylic acids is 1. The number of rotatable bonds is 13. The van der Waals surface area contributed by atoms with E-state index in [4.69, 9.17) is 39.9 Å². The van der Waals surface area contributed by atoms with E-state index in [-0.39, 0.29) is 63.2 Å². The molecule has 0 amide bonds. The molecule has 0 fully saturated rings. The summed E-state index contributed by atoms with van der Waals surface area (Å²) in [5.41, 5.74) is 11.6. The second-order valence-corrected chi connectivity index (χ2v) is 40.9. The van der Waals surface area contributed by atoms with Crippen LogP contribution >= 0.6 is 70.6 Å². The molecule has 2 aliphatic rings. The summed E-state index contributed by atoms with van der Waals surface area (Å²) in [6.45, 7) is 40.3. The first kappa shape index (κ1) is 78.4. The van der Waals surface area contributed by atoms with Gasteiger partial charge in [0.2, 0.25) is 0 Å². The van der Waals surface area contributed by atoms with E-state index < -0.39 is 5.97 Å². The Morgan fingerprint density at radius 1 is 0.273 bits per heavy atom. The SMILES string of the molecule is CC(C)(C)c1ccc(Sc2ccc(Sc3ccc(C(C)(C)C)cc3)c3c2-c2nc-3nc3[n-]c(nc4nc(nc5[n-]c(n2)c2ccc(C(=O)O)cc52)-c2c(Sc5ccc(C(C)(C)C)cc5)ccc(Sc5ccc(C(C)(C)C)cc5)c2-4)c2c(Sc4ccc(C(C)(C)C)cc4)ccc(Sc4ccc(C(C)(C)C)cc4)c32)cc1.[Zn+2]. The number of carbonyl (C=O) groups is 1. The fourth-order valence-corrected chi connectivity index (χ4v) is 19.2. The van der Waals surface area contributed by atoms with Crippen LogP contribution in [0.2, 0.25) is 0 Å². The average Bonchev–Trinajstić information content (AvgIpc) is 1.58. The van der Waals surface area contributed by atoms with Gasteiger partial charge in [0.1, 0.15) is 0 Å². The van der Waals surface area contributed by atoms with Crippen LogP contribution in [0.25, 0.3) is 89.7 Å². The Bertz CT molecular complexity index is 5920. The minimum Gasteiger partial charge on any atom is -0.478 e. The summed E-state index contributed by atoms with van der Waals surface area (Å²) >= 11 is 9.93. The maximum absolute atomic E-state index is 13.2. The topological polar surface area (TPSA) is 143 Å². The third kappa shape index (κ3) is 16.4. The van der Waals surface area contributed by atoms with Gasteiger partial charge in [-0.15, -0.1) is 0 Å². The molecule has 550 valence electrons. The normalized spacial score (nSPS) is 12.7. The predicted octanol–water partition coefficient (Wildman–Crippen LogP) is 26.5. The van der Waals surface area contributed by atoms with E-state index >= 15 is 0 Å². The fourth-order valence-electron chi connectivity index (χ4n) is 13.4. The Labute approximate surface area is 684 Å². The summed E-state index contributed by atoms with van der Waals surface area (Å²) in [7, 11) is 0. The molecule has 110 heavy (non-hydrogen) atoms. The monoisotopic (exact) mass is 1600 g/mol. The summed E-state index contributed by atoms with van der Waals surface area (Å²) in [6, 6.07) is 71.2. The molecule has 0 atom stereocenters. The van der Waals surface area contributed by atoms with Crippen LogP contribution in [0, 0.1) is 0 Å². The number of hydrogen-bond donors (Lipinski definition) is 1. The van der Waals surface area contributed by atoms with E-state index in [1.54, 1.807) is 88.8 Å². The molecule has 10 aromatic carbocycles. The van der Waals surface area contributed by atoms with Crippen LogP contribution in [-0.2, 0) is 52.0 Å². The minimum absolute atomic E-state index is 0. The molecule has 8 bridgehead atoms. The van der Waals surface area contributed by atoms with Crippen molar-refractivity contribution < 1.29 is 29.4 Å². The predicted molar refractivity (Wildman–Crippen MR) is 457 cm³/mol. The van der Waals surface area contributed by atoms with E-state index in [9.17, 15) is 9.90 Å². The molecule has 13 aromatic rings. The van der Waals surface area contributed by atoms with Gasteiger partial charge in [-0.25, -0.2) is 14.8 Å². The van der Waals surface area contributed by atoms with Crippen molar-refractivity contribution in [3.05, 3.63) is 239 Å². The second-order valence-electron chi connectivity index (χ2n) is 34.2. The molecular formula is C93H88N8O2S6Zn. The Hall–Kier alpha value is -8.25. The van der Waals surface area contributed by atoms with E-state index in [0.717, 1.165) is 91.8 Å². The van der Waals surface area contributed by atoms with E-state index in [0.29, 0.717) is 51.0 Å². The van der Waals surface area contributed by atoms with Gasteiger partial charge in [0.25, 0.3) is 0 Å². The quantitative estimate of drug-likeness (QED) is 0.109. The first-order valence-corrected chi connectivity index (χ1v) is 41.8. The summed E-state index contributed by atoms with van der Waals surface area (Å²) < 4.78 is 0. The van der Waals surface area contributed by atoms with Gasteiger partial charge in [-0.05, 0) is 198 Å². The van der Waals surface area contributed by atoms with Gasteiger partial charge in [-0.1, -0.05) is 274 Å². The third-order valence-corrected chi connectivity index (χ3v) is 26.3. The fraction of sp³-hybridized carbons (Fsp3) is 0.258. The average molecular weight is 1610 g/mol. The van der Waals surface area contributed by atoms with Gasteiger partial charge in [0.15, 0.2) is 0 Å². The number of benzene rings is 10. The van der Waals surface area contributed by atoms with Crippen LogP contribution in [0.4, 0.5) is 0 Å². The smallest absolute Gasteiger partial charge is 0.478 e. The standard InChI is InChI=1S/C93H89N8O2S6.Zn/c1-88(2,3)53-20-32-59(33-21-53)104-67-45-47-69(106-61-36-24-55(25-37-61)90(7,8)9)75-73(67)81-95-79-65-44-19-52(87(102)103)51-66(65)80(94-79)96-82-74-68(105-60-34-22-54(23-35-60)89(4,5)6)46-48-70(107-62-38-26-56(27-39-62)91(10,11)12)76(74)84(98-82)100-86-78-72(109-64-42-30-58(31-43-64)93(16,17)18)50-49-71(77(78)85(101-86)99-83(75)97-81)108-63-40-28-57(29-41-63)92(13,14)15;/h19-51H,1-18H3,(H2-,94,95,96,97,98,99,100,101,102,103);/q-1;+2/p-1. The number of fused-ring (bicyclic) bond motifs is 20. The zero-order valence-corrected chi connectivity index (χ0v) is 73.5. The number of hydrogen-bond acceptors (Lipinski definition) is 13. The summed E-state index contributed by atoms with van der Waals surface area (Å²) in [4.78, 5) is 70.6. The van der Waals surface area contributed by atoms with Gasteiger partial charge >= 0.3 is 25.4 Å². The second kappa shape index (κ2) is 30.0. The maximum Gasteiger partial charge on any atom is 2.00 e. The Morgan fingerprint density at radius 2 is 0.491 bits per heavy atom. The van der Waals surface area contributed by atoms with Crippen molar-refractivity contribution in [2.45, 2.75) is 216 Å². The van der Waals surface area contributed by atoms with Crippen LogP contribution in [0.3, 0.4) is 0 Å². The van der Waals surface area contributed by atoms with Gasteiger partial charge in [-0.3, -0.25) is 0 Å². The number of carboxylic acid groups (broad SMARTS) is 1. The van der Waals surface area contributed by atoms with Crippen molar-refractivity contribution in [1.82, 2.24) is 39.9 Å². The van der Waals surface area contributed by atoms with Gasteiger partial charge < -0.3 is 35.0 Å². The molecule has 0 radical (unpaired) electrons. The van der Waals surface area contributed by atoms with Crippen LogP contribution in [-0.4, -0.2) is 41.0 Å². The summed E-state index contributed by atoms with van der Waals surface area (Å²) in [6.07, 6.45) is 0. The van der Waals surface area contributed by atoms with Crippen LogP contribution in [0.5, 0.6) is 0 Å². The van der Waals surface area contributed by atoms with E-state index in [1.165, 1.54) is 33.4 Å². The summed E-state index contributed by atoms with van der Waals surface area (Å²) in [5, 5.41) is 13.5. The first-order chi connectivity index (χ1) is 51.5. The number of aromatic nitrogens is 8. The third-order valence-electron chi connectivity index (χ3n) is 19.9. The molecule has 5 heterocycles. The van der Waals surface area contributed by atoms with Gasteiger partial charge in [0, 0.05) is 114 Å². The number of aromatic carboxylic acids is 1. The van der Waals surface area contributed by atoms with Crippen molar-refractivity contribution in [3.8, 4) is 45.6 Å². The first-order valence-electron chi connectivity index (χ1n) is 36.9. The molecule has 0 aliphatic carbocycles.